The number of nitrogens with one attached hydrogen (secondary N) is 1. The van der Waals surface area contributed by atoms with Crippen LogP contribution in [0.5, 0.6) is 5.75 Å². The third-order valence-corrected chi connectivity index (χ3v) is 5.35. The van der Waals surface area contributed by atoms with E-state index in [1.54, 1.807) is 23.1 Å². The van der Waals surface area contributed by atoms with E-state index in [4.69, 9.17) is 0 Å². The van der Waals surface area contributed by atoms with Gasteiger partial charge < -0.3 is 10.1 Å². The molecule has 2 aromatic carbocycles. The van der Waals surface area contributed by atoms with Gasteiger partial charge in [-0.1, -0.05) is 12.1 Å². The first-order valence-corrected chi connectivity index (χ1v) is 10.7. The maximum absolute atomic E-state index is 13.8. The van der Waals surface area contributed by atoms with Crippen molar-refractivity contribution in [2.24, 2.45) is 7.05 Å². The van der Waals surface area contributed by atoms with E-state index in [-0.39, 0.29) is 16.9 Å². The van der Waals surface area contributed by atoms with Gasteiger partial charge in [-0.2, -0.15) is 5.10 Å². The fourth-order valence-electron chi connectivity index (χ4n) is 3.91. The van der Waals surface area contributed by atoms with Crippen LogP contribution in [0.25, 0.3) is 38.6 Å². The van der Waals surface area contributed by atoms with Gasteiger partial charge in [-0.3, -0.25) is 14.0 Å². The number of pyridine rings is 1. The molecule has 0 radical (unpaired) electrons. The van der Waals surface area contributed by atoms with E-state index in [9.17, 15) is 18.0 Å². The number of hydrogen-bond acceptors (Lipinski definition) is 6. The number of halogens is 3. The Morgan fingerprint density at radius 1 is 1.06 bits per heavy atom. The molecule has 0 spiro atoms. The molecule has 0 saturated carbocycles. The van der Waals surface area contributed by atoms with Crippen molar-refractivity contribution in [1.82, 2.24) is 24.3 Å². The highest BCUT2D eigenvalue weighted by atomic mass is 19.4. The normalized spacial score (nSPS) is 11.8. The quantitative estimate of drug-likeness (QED) is 0.394. The fraction of sp³-hybridized carbons (Fsp3) is 0.167. The summed E-state index contributed by atoms with van der Waals surface area (Å²) in [5.41, 5.74) is 2.01. The number of anilines is 1. The van der Waals surface area contributed by atoms with Crippen LogP contribution in [0.1, 0.15) is 6.92 Å². The summed E-state index contributed by atoms with van der Waals surface area (Å²) in [6, 6.07) is 10.6. The molecule has 0 saturated heterocycles. The van der Waals surface area contributed by atoms with E-state index >= 15 is 0 Å². The Labute approximate surface area is 196 Å². The SMILES string of the molecule is CCNc1ncc2cn(-c3ccc4nn(C)cc4c3)c(=O)c(-c3ccc(OC(F)(F)F)cc3)c2n1. The van der Waals surface area contributed by atoms with Crippen LogP contribution in [0.3, 0.4) is 0 Å². The maximum Gasteiger partial charge on any atom is 0.573 e. The van der Waals surface area contributed by atoms with E-state index < -0.39 is 6.36 Å². The summed E-state index contributed by atoms with van der Waals surface area (Å²) in [4.78, 5) is 22.6. The van der Waals surface area contributed by atoms with Gasteiger partial charge >= 0.3 is 6.36 Å². The molecule has 0 aliphatic heterocycles. The second-order valence-corrected chi connectivity index (χ2v) is 7.83. The Morgan fingerprint density at radius 3 is 2.54 bits per heavy atom. The van der Waals surface area contributed by atoms with E-state index in [1.165, 1.54) is 28.8 Å². The van der Waals surface area contributed by atoms with E-state index in [1.807, 2.05) is 32.3 Å². The van der Waals surface area contributed by atoms with Gasteiger partial charge in [0.15, 0.2) is 0 Å². The minimum absolute atomic E-state index is 0.230. The average molecular weight is 480 g/mol. The lowest BCUT2D eigenvalue weighted by molar-refractivity contribution is -0.274. The lowest BCUT2D eigenvalue weighted by atomic mass is 10.0. The molecule has 3 aromatic heterocycles. The van der Waals surface area contributed by atoms with Crippen LogP contribution in [0, 0.1) is 0 Å². The van der Waals surface area contributed by atoms with Crippen LogP contribution in [0.4, 0.5) is 19.1 Å². The monoisotopic (exact) mass is 480 g/mol. The number of aryl methyl sites for hydroxylation is 1. The topological polar surface area (TPSA) is 86.9 Å². The average Bonchev–Trinajstić information content (AvgIpc) is 3.18. The molecule has 0 fully saturated rings. The molecule has 0 unspecified atom stereocenters. The first-order valence-electron chi connectivity index (χ1n) is 10.7. The molecular formula is C24H19F3N6O2. The summed E-state index contributed by atoms with van der Waals surface area (Å²) in [6.07, 6.45) is 0.280. The Hall–Kier alpha value is -4.41. The van der Waals surface area contributed by atoms with Crippen LogP contribution in [-0.2, 0) is 7.05 Å². The highest BCUT2D eigenvalue weighted by Crippen LogP contribution is 2.29. The van der Waals surface area contributed by atoms with Gasteiger partial charge in [0.2, 0.25) is 5.95 Å². The lowest BCUT2D eigenvalue weighted by Gasteiger charge is -2.14. The van der Waals surface area contributed by atoms with Crippen molar-refractivity contribution in [2.75, 3.05) is 11.9 Å². The van der Waals surface area contributed by atoms with Crippen molar-refractivity contribution in [2.45, 2.75) is 13.3 Å². The summed E-state index contributed by atoms with van der Waals surface area (Å²) in [5, 5.41) is 8.81. The molecule has 178 valence electrons. The second-order valence-electron chi connectivity index (χ2n) is 7.83. The molecule has 35 heavy (non-hydrogen) atoms. The highest BCUT2D eigenvalue weighted by Gasteiger charge is 2.31. The van der Waals surface area contributed by atoms with Gasteiger partial charge in [0.1, 0.15) is 5.75 Å². The predicted molar refractivity (Wildman–Crippen MR) is 126 cm³/mol. The van der Waals surface area contributed by atoms with Crippen LogP contribution >= 0.6 is 0 Å². The first-order chi connectivity index (χ1) is 16.7. The molecule has 0 aliphatic rings. The van der Waals surface area contributed by atoms with Crippen LogP contribution in [-0.4, -0.2) is 37.2 Å². The summed E-state index contributed by atoms with van der Waals surface area (Å²) < 4.78 is 44.9. The van der Waals surface area contributed by atoms with Crippen molar-refractivity contribution in [3.63, 3.8) is 0 Å². The minimum atomic E-state index is -4.81. The molecule has 0 amide bonds. The van der Waals surface area contributed by atoms with Gasteiger partial charge in [-0.15, -0.1) is 13.2 Å². The smallest absolute Gasteiger partial charge is 0.406 e. The highest BCUT2D eigenvalue weighted by molar-refractivity contribution is 5.93. The number of hydrogen-bond donors (Lipinski definition) is 1. The zero-order chi connectivity index (χ0) is 24.7. The van der Waals surface area contributed by atoms with E-state index in [0.29, 0.717) is 34.6 Å². The van der Waals surface area contributed by atoms with Crippen LogP contribution in [0.2, 0.25) is 0 Å². The molecule has 5 rings (SSSR count). The molecule has 3 heterocycles. The van der Waals surface area contributed by atoms with Crippen LogP contribution < -0.4 is 15.6 Å². The molecule has 5 aromatic rings. The number of ether oxygens (including phenoxy) is 1. The Kier molecular flexibility index (Phi) is 5.39. The van der Waals surface area contributed by atoms with Crippen molar-refractivity contribution in [1.29, 1.82) is 0 Å². The van der Waals surface area contributed by atoms with Gasteiger partial charge in [-0.05, 0) is 42.8 Å². The standard InChI is InChI=1S/C24H19F3N6O2/c1-3-28-23-29-11-16-13-33(17-6-9-19-15(10-17)12-32(2)31-19)22(34)20(21(16)30-23)14-4-7-18(8-5-14)35-24(25,26)27/h4-13H,3H2,1-2H3,(H,28,30). The lowest BCUT2D eigenvalue weighted by Crippen LogP contribution is -2.21. The summed E-state index contributed by atoms with van der Waals surface area (Å²) >= 11 is 0. The molecule has 1 N–H and O–H groups in total. The number of fused-ring (bicyclic) bond motifs is 2. The minimum Gasteiger partial charge on any atom is -0.406 e. The number of aromatic nitrogens is 5. The maximum atomic E-state index is 13.8. The Bertz CT molecular complexity index is 1610. The summed E-state index contributed by atoms with van der Waals surface area (Å²) in [5.74, 6) is -0.0426. The van der Waals surface area contributed by atoms with Gasteiger partial charge in [0.05, 0.1) is 16.6 Å². The van der Waals surface area contributed by atoms with Gasteiger partial charge in [-0.25, -0.2) is 9.97 Å². The Balaban J connectivity index is 1.72. The zero-order valence-electron chi connectivity index (χ0n) is 18.7. The third kappa shape index (κ3) is 4.39. The molecule has 11 heteroatoms. The molecule has 0 atom stereocenters. The molecular weight excluding hydrogens is 461 g/mol. The summed E-state index contributed by atoms with van der Waals surface area (Å²) in [6.45, 7) is 2.47. The van der Waals surface area contributed by atoms with E-state index in [2.05, 4.69) is 25.1 Å². The molecule has 0 aliphatic carbocycles. The predicted octanol–water partition coefficient (Wildman–Crippen LogP) is 4.66. The van der Waals surface area contributed by atoms with Gasteiger partial charge in [0, 0.05) is 48.6 Å². The molecule has 0 bridgehead atoms. The molecule has 8 nitrogen and oxygen atoms in total. The van der Waals surface area contributed by atoms with Crippen molar-refractivity contribution >= 4 is 27.8 Å². The van der Waals surface area contributed by atoms with Crippen molar-refractivity contribution < 1.29 is 17.9 Å². The number of rotatable bonds is 5. The zero-order valence-corrected chi connectivity index (χ0v) is 18.7. The number of nitrogens with zero attached hydrogens (tertiary/aromatic N) is 5. The van der Waals surface area contributed by atoms with Crippen molar-refractivity contribution in [3.05, 3.63) is 71.4 Å². The van der Waals surface area contributed by atoms with Crippen molar-refractivity contribution in [3.8, 4) is 22.6 Å². The second kappa shape index (κ2) is 8.42. The fourth-order valence-corrected chi connectivity index (χ4v) is 3.91. The van der Waals surface area contributed by atoms with Gasteiger partial charge in [0.25, 0.3) is 5.56 Å². The first kappa shape index (κ1) is 22.4. The third-order valence-electron chi connectivity index (χ3n) is 5.35. The Morgan fingerprint density at radius 2 is 1.83 bits per heavy atom. The number of alkyl halides is 3. The largest absolute Gasteiger partial charge is 0.573 e. The number of benzene rings is 2. The van der Waals surface area contributed by atoms with Crippen LogP contribution in [0.15, 0.2) is 65.8 Å². The van der Waals surface area contributed by atoms with E-state index in [0.717, 1.165) is 10.9 Å². The summed E-state index contributed by atoms with van der Waals surface area (Å²) in [7, 11) is 1.81.